The van der Waals surface area contributed by atoms with E-state index < -0.39 is 24.3 Å². The van der Waals surface area contributed by atoms with E-state index in [1.54, 1.807) is 0 Å². The Morgan fingerprint density at radius 3 is 2.81 bits per heavy atom. The lowest BCUT2D eigenvalue weighted by molar-refractivity contribution is -0.118. The average molecular weight is 290 g/mol. The van der Waals surface area contributed by atoms with Crippen LogP contribution in [0.4, 0.5) is 10.1 Å². The Bertz CT molecular complexity index is 676. The molecule has 0 aliphatic rings. The number of hydrogen-bond acceptors (Lipinski definition) is 4. The monoisotopic (exact) mass is 290 g/mol. The van der Waals surface area contributed by atoms with Crippen LogP contribution in [0.3, 0.4) is 0 Å². The van der Waals surface area contributed by atoms with E-state index in [-0.39, 0.29) is 17.1 Å². The largest absolute Gasteiger partial charge is 0.481 e. The van der Waals surface area contributed by atoms with Crippen LogP contribution in [0.5, 0.6) is 5.75 Å². The maximum atomic E-state index is 13.0. The van der Waals surface area contributed by atoms with Crippen molar-refractivity contribution in [2.45, 2.75) is 0 Å². The van der Waals surface area contributed by atoms with Gasteiger partial charge in [0.25, 0.3) is 5.91 Å². The van der Waals surface area contributed by atoms with Gasteiger partial charge < -0.3 is 15.2 Å². The molecule has 6 nitrogen and oxygen atoms in total. The third-order valence-electron chi connectivity index (χ3n) is 2.44. The number of aromatic carboxylic acids is 1. The minimum atomic E-state index is -1.25. The molecule has 0 aliphatic carbocycles. The number of carbonyl (C=O) groups excluding carboxylic acids is 1. The zero-order chi connectivity index (χ0) is 15.2. The first-order chi connectivity index (χ1) is 10.1. The number of halogens is 1. The van der Waals surface area contributed by atoms with Gasteiger partial charge >= 0.3 is 5.97 Å². The van der Waals surface area contributed by atoms with E-state index in [1.807, 2.05) is 0 Å². The van der Waals surface area contributed by atoms with Crippen LogP contribution in [0.25, 0.3) is 0 Å². The van der Waals surface area contributed by atoms with Crippen LogP contribution < -0.4 is 10.1 Å². The van der Waals surface area contributed by atoms with Crippen LogP contribution in [-0.4, -0.2) is 28.6 Å². The first-order valence-corrected chi connectivity index (χ1v) is 5.93. The van der Waals surface area contributed by atoms with Crippen LogP contribution in [0.15, 0.2) is 42.6 Å². The predicted octanol–water partition coefficient (Wildman–Crippen LogP) is 1.94. The van der Waals surface area contributed by atoms with Gasteiger partial charge in [0.2, 0.25) is 0 Å². The number of nitrogens with zero attached hydrogens (tertiary/aromatic N) is 1. The maximum Gasteiger partial charge on any atom is 0.358 e. The molecular formula is C14H11FN2O4. The van der Waals surface area contributed by atoms with Gasteiger partial charge in [-0.05, 0) is 30.3 Å². The van der Waals surface area contributed by atoms with Crippen LogP contribution in [-0.2, 0) is 4.79 Å². The van der Waals surface area contributed by atoms with Crippen LogP contribution in [0, 0.1) is 5.82 Å². The van der Waals surface area contributed by atoms with Gasteiger partial charge in [-0.1, -0.05) is 6.07 Å². The van der Waals surface area contributed by atoms with E-state index >= 15 is 0 Å². The third kappa shape index (κ3) is 4.00. The van der Waals surface area contributed by atoms with Gasteiger partial charge in [0.15, 0.2) is 18.1 Å². The van der Waals surface area contributed by atoms with Crippen LogP contribution in [0.1, 0.15) is 10.5 Å². The number of amides is 1. The highest BCUT2D eigenvalue weighted by atomic mass is 19.1. The Morgan fingerprint density at radius 1 is 1.29 bits per heavy atom. The minimum absolute atomic E-state index is 0.0145. The van der Waals surface area contributed by atoms with Crippen molar-refractivity contribution < 1.29 is 23.8 Å². The number of benzene rings is 1. The van der Waals surface area contributed by atoms with E-state index in [1.165, 1.54) is 36.5 Å². The van der Waals surface area contributed by atoms with Gasteiger partial charge in [0.1, 0.15) is 5.82 Å². The molecule has 1 aromatic heterocycles. The first-order valence-electron chi connectivity index (χ1n) is 5.93. The van der Waals surface area contributed by atoms with Gasteiger partial charge in [-0.15, -0.1) is 0 Å². The summed E-state index contributed by atoms with van der Waals surface area (Å²) in [6.45, 7) is -0.414. The fourth-order valence-electron chi connectivity index (χ4n) is 1.57. The SMILES string of the molecule is O=C(COc1cccnc1C(=O)O)Nc1cccc(F)c1. The number of carbonyl (C=O) groups is 2. The van der Waals surface area contributed by atoms with Crippen molar-refractivity contribution in [2.24, 2.45) is 0 Å². The van der Waals surface area contributed by atoms with Gasteiger partial charge in [-0.2, -0.15) is 0 Å². The average Bonchev–Trinajstić information content (AvgIpc) is 2.45. The molecule has 108 valence electrons. The molecule has 0 spiro atoms. The summed E-state index contributed by atoms with van der Waals surface area (Å²) in [5.41, 5.74) is 0.00398. The summed E-state index contributed by atoms with van der Waals surface area (Å²) in [5, 5.41) is 11.3. The lowest BCUT2D eigenvalue weighted by Crippen LogP contribution is -2.21. The Kier molecular flexibility index (Phi) is 4.45. The smallest absolute Gasteiger partial charge is 0.358 e. The molecule has 2 rings (SSSR count). The van der Waals surface area contributed by atoms with E-state index in [0.29, 0.717) is 0 Å². The third-order valence-corrected chi connectivity index (χ3v) is 2.44. The van der Waals surface area contributed by atoms with Crippen molar-refractivity contribution in [2.75, 3.05) is 11.9 Å². The second-order valence-corrected chi connectivity index (χ2v) is 4.00. The molecule has 1 heterocycles. The molecule has 0 atom stereocenters. The van der Waals surface area contributed by atoms with Crippen molar-refractivity contribution in [3.8, 4) is 5.75 Å². The predicted molar refractivity (Wildman–Crippen MR) is 71.7 cm³/mol. The van der Waals surface area contributed by atoms with Crippen molar-refractivity contribution in [3.05, 3.63) is 54.1 Å². The molecule has 0 aliphatic heterocycles. The van der Waals surface area contributed by atoms with Crippen molar-refractivity contribution in [1.82, 2.24) is 4.98 Å². The topological polar surface area (TPSA) is 88.5 Å². The second kappa shape index (κ2) is 6.47. The highest BCUT2D eigenvalue weighted by molar-refractivity contribution is 5.92. The summed E-state index contributed by atoms with van der Waals surface area (Å²) in [6, 6.07) is 8.27. The second-order valence-electron chi connectivity index (χ2n) is 4.00. The fourth-order valence-corrected chi connectivity index (χ4v) is 1.57. The number of ether oxygens (including phenoxy) is 1. The normalized spacial score (nSPS) is 9.95. The first kappa shape index (κ1) is 14.4. The van der Waals surface area contributed by atoms with Crippen LogP contribution in [0.2, 0.25) is 0 Å². The molecule has 1 aromatic carbocycles. The molecule has 21 heavy (non-hydrogen) atoms. The highest BCUT2D eigenvalue weighted by Crippen LogP contribution is 2.15. The number of carboxylic acids is 1. The Hall–Kier alpha value is -2.96. The van der Waals surface area contributed by atoms with Crippen molar-refractivity contribution in [3.63, 3.8) is 0 Å². The maximum absolute atomic E-state index is 13.0. The van der Waals surface area contributed by atoms with E-state index in [4.69, 9.17) is 9.84 Å². The Balaban J connectivity index is 1.97. The molecule has 0 bridgehead atoms. The van der Waals surface area contributed by atoms with Crippen LogP contribution >= 0.6 is 0 Å². The van der Waals surface area contributed by atoms with E-state index in [9.17, 15) is 14.0 Å². The Morgan fingerprint density at radius 2 is 2.10 bits per heavy atom. The zero-order valence-electron chi connectivity index (χ0n) is 10.7. The number of carboxylic acid groups (broad SMARTS) is 1. The number of anilines is 1. The van der Waals surface area contributed by atoms with Crippen molar-refractivity contribution in [1.29, 1.82) is 0 Å². The Labute approximate surface area is 119 Å². The van der Waals surface area contributed by atoms with Crippen molar-refractivity contribution >= 4 is 17.6 Å². The highest BCUT2D eigenvalue weighted by Gasteiger charge is 2.13. The molecule has 7 heteroatoms. The molecule has 2 aromatic rings. The number of hydrogen-bond donors (Lipinski definition) is 2. The lowest BCUT2D eigenvalue weighted by atomic mass is 10.3. The lowest BCUT2D eigenvalue weighted by Gasteiger charge is -2.08. The number of rotatable bonds is 5. The molecule has 1 amide bonds. The minimum Gasteiger partial charge on any atom is -0.481 e. The van der Waals surface area contributed by atoms with E-state index in [0.717, 1.165) is 6.07 Å². The quantitative estimate of drug-likeness (QED) is 0.878. The molecule has 0 saturated carbocycles. The van der Waals surface area contributed by atoms with E-state index in [2.05, 4.69) is 10.3 Å². The number of aromatic nitrogens is 1. The number of nitrogens with one attached hydrogen (secondary N) is 1. The zero-order valence-corrected chi connectivity index (χ0v) is 10.7. The summed E-state index contributed by atoms with van der Waals surface area (Å²) in [7, 11) is 0. The fraction of sp³-hybridized carbons (Fsp3) is 0.0714. The molecule has 2 N–H and O–H groups in total. The summed E-state index contributed by atoms with van der Waals surface area (Å²) in [5.74, 6) is -2.29. The summed E-state index contributed by atoms with van der Waals surface area (Å²) in [4.78, 5) is 26.2. The molecule has 0 saturated heterocycles. The summed E-state index contributed by atoms with van der Waals surface area (Å²) in [6.07, 6.45) is 1.31. The molecule has 0 radical (unpaired) electrons. The van der Waals surface area contributed by atoms with Gasteiger partial charge in [0.05, 0.1) is 0 Å². The molecule has 0 unspecified atom stereocenters. The van der Waals surface area contributed by atoms with Gasteiger partial charge in [-0.25, -0.2) is 14.2 Å². The summed E-state index contributed by atoms with van der Waals surface area (Å²) >= 11 is 0. The standard InChI is InChI=1S/C14H11FN2O4/c15-9-3-1-4-10(7-9)17-12(18)8-21-11-5-2-6-16-13(11)14(19)20/h1-7H,8H2,(H,17,18)(H,19,20). The van der Waals surface area contributed by atoms with Gasteiger partial charge in [-0.3, -0.25) is 4.79 Å². The summed E-state index contributed by atoms with van der Waals surface area (Å²) < 4.78 is 18.1. The molecule has 0 fully saturated rings. The molecular weight excluding hydrogens is 279 g/mol. The number of pyridine rings is 1. The van der Waals surface area contributed by atoms with Gasteiger partial charge in [0, 0.05) is 11.9 Å².